The zero-order valence-corrected chi connectivity index (χ0v) is 27.6. The Morgan fingerprint density at radius 1 is 0.864 bits per heavy atom. The van der Waals surface area contributed by atoms with Gasteiger partial charge in [-0.2, -0.15) is 0 Å². The summed E-state index contributed by atoms with van der Waals surface area (Å²) in [6.07, 6.45) is 4.39. The number of carbonyl (C=O) groups is 3. The Morgan fingerprint density at radius 3 is 2.16 bits per heavy atom. The lowest BCUT2D eigenvalue weighted by Crippen LogP contribution is -2.53. The van der Waals surface area contributed by atoms with Crippen LogP contribution < -0.4 is 10.6 Å². The summed E-state index contributed by atoms with van der Waals surface area (Å²) < 4.78 is 5.52. The molecule has 0 aromatic heterocycles. The molecule has 44 heavy (non-hydrogen) atoms. The Bertz CT molecular complexity index is 1380. The SMILES string of the molecule is CCCCCCN(C(=O)C(CC(C)C)NC(=O)OC(C)(C)C)C(C(=O)Nc1ccc2ccccc2c1)c1ccc(CC)cc1. The third-order valence-corrected chi connectivity index (χ3v) is 7.51. The maximum Gasteiger partial charge on any atom is 0.408 e. The van der Waals surface area contributed by atoms with E-state index >= 15 is 0 Å². The molecule has 7 nitrogen and oxygen atoms in total. The van der Waals surface area contributed by atoms with Crippen LogP contribution in [0.5, 0.6) is 0 Å². The topological polar surface area (TPSA) is 87.7 Å². The lowest BCUT2D eigenvalue weighted by molar-refractivity contribution is -0.141. The summed E-state index contributed by atoms with van der Waals surface area (Å²) >= 11 is 0. The van der Waals surface area contributed by atoms with E-state index in [1.807, 2.05) is 80.6 Å². The van der Waals surface area contributed by atoms with Gasteiger partial charge in [0.05, 0.1) is 0 Å². The highest BCUT2D eigenvalue weighted by molar-refractivity contribution is 6.00. The molecule has 238 valence electrons. The highest BCUT2D eigenvalue weighted by Gasteiger charge is 2.36. The molecule has 2 atom stereocenters. The number of nitrogens with zero attached hydrogens (tertiary/aromatic N) is 1. The van der Waals surface area contributed by atoms with Gasteiger partial charge in [-0.1, -0.05) is 102 Å². The van der Waals surface area contributed by atoms with Crippen molar-refractivity contribution in [3.8, 4) is 0 Å². The summed E-state index contributed by atoms with van der Waals surface area (Å²) in [6.45, 7) is 14.0. The lowest BCUT2D eigenvalue weighted by atomic mass is 9.97. The number of rotatable bonds is 14. The normalized spacial score (nSPS) is 12.9. The van der Waals surface area contributed by atoms with Gasteiger partial charge in [0.25, 0.3) is 5.91 Å². The summed E-state index contributed by atoms with van der Waals surface area (Å²) in [4.78, 5) is 43.3. The second-order valence-corrected chi connectivity index (χ2v) is 13.0. The van der Waals surface area contributed by atoms with Crippen molar-refractivity contribution in [2.45, 2.75) is 105 Å². The van der Waals surface area contributed by atoms with Crippen molar-refractivity contribution < 1.29 is 19.1 Å². The van der Waals surface area contributed by atoms with E-state index in [-0.39, 0.29) is 17.7 Å². The van der Waals surface area contributed by atoms with Crippen LogP contribution in [-0.4, -0.2) is 41.0 Å². The number of amides is 3. The molecule has 3 aromatic carbocycles. The van der Waals surface area contributed by atoms with Gasteiger partial charge in [-0.15, -0.1) is 0 Å². The van der Waals surface area contributed by atoms with Gasteiger partial charge in [0.2, 0.25) is 5.91 Å². The third kappa shape index (κ3) is 10.4. The molecule has 0 aliphatic rings. The second-order valence-electron chi connectivity index (χ2n) is 13.0. The smallest absolute Gasteiger partial charge is 0.408 e. The van der Waals surface area contributed by atoms with E-state index in [0.29, 0.717) is 18.7 Å². The van der Waals surface area contributed by atoms with E-state index < -0.39 is 23.8 Å². The number of anilines is 1. The number of aryl methyl sites for hydroxylation is 1. The minimum absolute atomic E-state index is 0.120. The first kappa shape index (κ1) is 34.6. The van der Waals surface area contributed by atoms with Crippen molar-refractivity contribution in [3.05, 3.63) is 77.9 Å². The molecule has 0 heterocycles. The average Bonchev–Trinajstić information content (AvgIpc) is 2.97. The first-order valence-electron chi connectivity index (χ1n) is 16.1. The van der Waals surface area contributed by atoms with E-state index in [2.05, 4.69) is 24.5 Å². The van der Waals surface area contributed by atoms with Crippen molar-refractivity contribution in [1.29, 1.82) is 0 Å². The molecular weight excluding hydrogens is 550 g/mol. The molecule has 0 bridgehead atoms. The van der Waals surface area contributed by atoms with Crippen molar-refractivity contribution in [2.24, 2.45) is 5.92 Å². The van der Waals surface area contributed by atoms with Gasteiger partial charge < -0.3 is 20.3 Å². The monoisotopic (exact) mass is 601 g/mol. The molecule has 0 fully saturated rings. The maximum atomic E-state index is 14.5. The Balaban J connectivity index is 2.04. The van der Waals surface area contributed by atoms with Crippen molar-refractivity contribution >= 4 is 34.4 Å². The maximum absolute atomic E-state index is 14.5. The van der Waals surface area contributed by atoms with Crippen LogP contribution in [0.1, 0.15) is 97.7 Å². The third-order valence-electron chi connectivity index (χ3n) is 7.51. The highest BCUT2D eigenvalue weighted by atomic mass is 16.6. The van der Waals surface area contributed by atoms with Crippen LogP contribution in [0.25, 0.3) is 10.8 Å². The summed E-state index contributed by atoms with van der Waals surface area (Å²) in [7, 11) is 0. The molecule has 3 amide bonds. The number of fused-ring (bicyclic) bond motifs is 1. The number of hydrogen-bond donors (Lipinski definition) is 2. The van der Waals surface area contributed by atoms with Crippen LogP contribution in [0.2, 0.25) is 0 Å². The predicted molar refractivity (Wildman–Crippen MR) is 180 cm³/mol. The molecule has 2 unspecified atom stereocenters. The summed E-state index contributed by atoms with van der Waals surface area (Å²) in [5, 5.41) is 8.03. The summed E-state index contributed by atoms with van der Waals surface area (Å²) in [6, 6.07) is 20.0. The quantitative estimate of drug-likeness (QED) is 0.182. The van der Waals surface area contributed by atoms with Crippen LogP contribution in [0.4, 0.5) is 10.5 Å². The van der Waals surface area contributed by atoms with Crippen LogP contribution in [0.3, 0.4) is 0 Å². The number of carbonyl (C=O) groups excluding carboxylic acids is 3. The number of ether oxygens (including phenoxy) is 1. The van der Waals surface area contributed by atoms with Crippen molar-refractivity contribution in [3.63, 3.8) is 0 Å². The number of benzene rings is 3. The van der Waals surface area contributed by atoms with Gasteiger partial charge in [0.15, 0.2) is 0 Å². The molecule has 0 radical (unpaired) electrons. The van der Waals surface area contributed by atoms with E-state index in [0.717, 1.165) is 54.0 Å². The summed E-state index contributed by atoms with van der Waals surface area (Å²) in [5.74, 6) is -0.470. The fourth-order valence-corrected chi connectivity index (χ4v) is 5.30. The zero-order chi connectivity index (χ0) is 32.3. The van der Waals surface area contributed by atoms with Crippen LogP contribution in [-0.2, 0) is 20.7 Å². The fourth-order valence-electron chi connectivity index (χ4n) is 5.30. The zero-order valence-electron chi connectivity index (χ0n) is 27.6. The van der Waals surface area contributed by atoms with E-state index in [1.165, 1.54) is 0 Å². The molecular formula is C37H51N3O4. The van der Waals surface area contributed by atoms with Gasteiger partial charge in [0.1, 0.15) is 17.7 Å². The molecule has 2 N–H and O–H groups in total. The summed E-state index contributed by atoms with van der Waals surface area (Å²) in [5.41, 5.74) is 1.82. The average molecular weight is 602 g/mol. The van der Waals surface area contributed by atoms with Gasteiger partial charge in [0, 0.05) is 12.2 Å². The minimum atomic E-state index is -0.892. The standard InChI is InChI=1S/C37H51N3O4/c1-8-10-11-14-23-40(35(42)32(24-26(3)4)39-36(43)44-37(5,6)7)33(29-19-17-27(9-2)18-20-29)34(41)38-31-22-21-28-15-12-13-16-30(28)25-31/h12-13,15-22,25-26,32-33H,8-11,14,23-24H2,1-7H3,(H,38,41)(H,39,43). The number of alkyl carbamates (subject to hydrolysis) is 1. The molecule has 0 aliphatic carbocycles. The number of hydrogen-bond acceptors (Lipinski definition) is 4. The van der Waals surface area contributed by atoms with E-state index in [4.69, 9.17) is 4.74 Å². The molecule has 3 aromatic rings. The largest absolute Gasteiger partial charge is 0.444 e. The number of nitrogens with one attached hydrogen (secondary N) is 2. The molecule has 0 aliphatic heterocycles. The molecule has 3 rings (SSSR count). The molecule has 0 saturated heterocycles. The Kier molecular flexibility index (Phi) is 12.8. The fraction of sp³-hybridized carbons (Fsp3) is 0.486. The molecule has 7 heteroatoms. The van der Waals surface area contributed by atoms with Crippen LogP contribution >= 0.6 is 0 Å². The Labute approximate surface area is 263 Å². The van der Waals surface area contributed by atoms with Crippen LogP contribution in [0, 0.1) is 5.92 Å². The van der Waals surface area contributed by atoms with Crippen LogP contribution in [0.15, 0.2) is 66.7 Å². The minimum Gasteiger partial charge on any atom is -0.444 e. The molecule has 0 spiro atoms. The Hall–Kier alpha value is -3.87. The molecule has 0 saturated carbocycles. The van der Waals surface area contributed by atoms with Crippen molar-refractivity contribution in [2.75, 3.05) is 11.9 Å². The Morgan fingerprint density at radius 2 is 1.55 bits per heavy atom. The first-order chi connectivity index (χ1) is 20.9. The van der Waals surface area contributed by atoms with Gasteiger partial charge >= 0.3 is 6.09 Å². The van der Waals surface area contributed by atoms with Crippen molar-refractivity contribution in [1.82, 2.24) is 10.2 Å². The second kappa shape index (κ2) is 16.3. The van der Waals surface area contributed by atoms with Gasteiger partial charge in [-0.25, -0.2) is 4.79 Å². The lowest BCUT2D eigenvalue weighted by Gasteiger charge is -2.35. The predicted octanol–water partition coefficient (Wildman–Crippen LogP) is 8.43. The van der Waals surface area contributed by atoms with E-state index in [1.54, 1.807) is 25.7 Å². The van der Waals surface area contributed by atoms with Gasteiger partial charge in [-0.3, -0.25) is 9.59 Å². The number of unbranched alkanes of at least 4 members (excludes halogenated alkanes) is 3. The van der Waals surface area contributed by atoms with E-state index in [9.17, 15) is 14.4 Å². The van der Waals surface area contributed by atoms with Gasteiger partial charge in [-0.05, 0) is 80.0 Å². The first-order valence-corrected chi connectivity index (χ1v) is 16.1. The highest BCUT2D eigenvalue weighted by Crippen LogP contribution is 2.28.